The zero-order valence-corrected chi connectivity index (χ0v) is 18.0. The van der Waals surface area contributed by atoms with Gasteiger partial charge in [0.1, 0.15) is 0 Å². The average molecular weight is 458 g/mol. The van der Waals surface area contributed by atoms with E-state index >= 15 is 0 Å². The monoisotopic (exact) mass is 456 g/mol. The van der Waals surface area contributed by atoms with Crippen LogP contribution in [0.2, 0.25) is 10.0 Å². The summed E-state index contributed by atoms with van der Waals surface area (Å²) in [6, 6.07) is 14.5. The lowest BCUT2D eigenvalue weighted by molar-refractivity contribution is -0.132. The first-order chi connectivity index (χ1) is 13.3. The fourth-order valence-electron chi connectivity index (χ4n) is 2.88. The summed E-state index contributed by atoms with van der Waals surface area (Å²) in [4.78, 5) is 10.8. The zero-order valence-electron chi connectivity index (χ0n) is 15.0. The van der Waals surface area contributed by atoms with Crippen LogP contribution in [0.4, 0.5) is 0 Å². The van der Waals surface area contributed by atoms with Gasteiger partial charge >= 0.3 is 5.97 Å². The van der Waals surface area contributed by atoms with Crippen molar-refractivity contribution in [3.05, 3.63) is 69.8 Å². The zero-order chi connectivity index (χ0) is 20.4. The number of rotatable bonds is 5. The van der Waals surface area contributed by atoms with Gasteiger partial charge in [0, 0.05) is 0 Å². The van der Waals surface area contributed by atoms with E-state index < -0.39 is 10.8 Å². The van der Waals surface area contributed by atoms with Gasteiger partial charge in [0.25, 0.3) is 0 Å². The van der Waals surface area contributed by atoms with Crippen LogP contribution in [0.3, 0.4) is 0 Å². The third-order valence-electron chi connectivity index (χ3n) is 4.27. The molecule has 3 rings (SSSR count). The minimum atomic E-state index is -1.31. The molecular weight excluding hydrogens is 442 g/mol. The molecule has 0 aliphatic rings. The SMILES string of the molecule is Cc1nn(C(C)c2ccc(Cl)c(Cl)c2)c(OC(=O)C(Cl)Cl)c1-c1ccccc1. The second-order valence-corrected chi connectivity index (χ2v) is 8.06. The van der Waals surface area contributed by atoms with Gasteiger partial charge in [-0.15, -0.1) is 0 Å². The van der Waals surface area contributed by atoms with Gasteiger partial charge in [0.2, 0.25) is 10.7 Å². The van der Waals surface area contributed by atoms with E-state index in [2.05, 4.69) is 5.10 Å². The Morgan fingerprint density at radius 2 is 1.75 bits per heavy atom. The lowest BCUT2D eigenvalue weighted by Crippen LogP contribution is -2.20. The fraction of sp³-hybridized carbons (Fsp3) is 0.200. The predicted octanol–water partition coefficient (Wildman–Crippen LogP) is 6.48. The minimum absolute atomic E-state index is 0.263. The lowest BCUT2D eigenvalue weighted by atomic mass is 10.1. The highest BCUT2D eigenvalue weighted by Gasteiger charge is 2.26. The molecule has 1 atom stereocenters. The molecule has 0 amide bonds. The third kappa shape index (κ3) is 4.31. The number of alkyl halides is 2. The molecule has 0 N–H and O–H groups in total. The van der Waals surface area contributed by atoms with Crippen LogP contribution in [0.15, 0.2) is 48.5 Å². The average Bonchev–Trinajstić information content (AvgIpc) is 2.99. The van der Waals surface area contributed by atoms with Gasteiger partial charge in [0.05, 0.1) is 27.3 Å². The Morgan fingerprint density at radius 3 is 2.36 bits per heavy atom. The number of carbonyl (C=O) groups excluding carboxylic acids is 1. The van der Waals surface area contributed by atoms with Crippen molar-refractivity contribution in [2.24, 2.45) is 0 Å². The number of carbonyl (C=O) groups is 1. The van der Waals surface area contributed by atoms with Crippen LogP contribution in [0.5, 0.6) is 5.88 Å². The van der Waals surface area contributed by atoms with Gasteiger partial charge in [-0.25, -0.2) is 9.48 Å². The van der Waals surface area contributed by atoms with E-state index in [0.717, 1.165) is 11.1 Å². The minimum Gasteiger partial charge on any atom is -0.405 e. The highest BCUT2D eigenvalue weighted by atomic mass is 35.5. The van der Waals surface area contributed by atoms with Gasteiger partial charge in [-0.05, 0) is 37.1 Å². The summed E-state index contributed by atoms with van der Waals surface area (Å²) < 4.78 is 7.16. The molecule has 0 bridgehead atoms. The molecule has 1 heterocycles. The van der Waals surface area contributed by atoms with Crippen molar-refractivity contribution in [3.63, 3.8) is 0 Å². The molecule has 1 aromatic heterocycles. The molecule has 0 saturated carbocycles. The van der Waals surface area contributed by atoms with Gasteiger partial charge in [-0.3, -0.25) is 0 Å². The number of halogens is 4. The van der Waals surface area contributed by atoms with Gasteiger partial charge < -0.3 is 4.74 Å². The number of hydrogen-bond donors (Lipinski definition) is 0. The largest absolute Gasteiger partial charge is 0.405 e. The quantitative estimate of drug-likeness (QED) is 0.325. The Kier molecular flexibility index (Phi) is 6.56. The van der Waals surface area contributed by atoms with Crippen molar-refractivity contribution in [2.75, 3.05) is 0 Å². The molecule has 4 nitrogen and oxygen atoms in total. The normalized spacial score (nSPS) is 12.2. The van der Waals surface area contributed by atoms with Crippen molar-refractivity contribution in [1.82, 2.24) is 9.78 Å². The standard InChI is InChI=1S/C20H16Cl4N2O2/c1-11-17(13-6-4-3-5-7-13)19(28-20(27)18(23)24)26(25-11)12(2)14-8-9-15(21)16(22)10-14/h3-10,12,18H,1-2H3. The highest BCUT2D eigenvalue weighted by molar-refractivity contribution is 6.53. The summed E-state index contributed by atoms with van der Waals surface area (Å²) in [5.74, 6) is -0.512. The van der Waals surface area contributed by atoms with Crippen LogP contribution in [-0.4, -0.2) is 20.6 Å². The Balaban J connectivity index is 2.14. The number of nitrogens with zero attached hydrogens (tertiary/aromatic N) is 2. The van der Waals surface area contributed by atoms with Crippen LogP contribution in [0.25, 0.3) is 11.1 Å². The van der Waals surface area contributed by atoms with Crippen LogP contribution in [0.1, 0.15) is 24.2 Å². The lowest BCUT2D eigenvalue weighted by Gasteiger charge is -2.17. The predicted molar refractivity (Wildman–Crippen MR) is 114 cm³/mol. The molecule has 0 fully saturated rings. The first kappa shape index (κ1) is 21.0. The number of hydrogen-bond acceptors (Lipinski definition) is 3. The number of ether oxygens (including phenoxy) is 1. The first-order valence-corrected chi connectivity index (χ1v) is 10.0. The summed E-state index contributed by atoms with van der Waals surface area (Å²) in [7, 11) is 0. The Bertz CT molecular complexity index is 1000. The molecule has 3 aromatic rings. The van der Waals surface area contributed by atoms with Gasteiger partial charge in [-0.2, -0.15) is 5.10 Å². The van der Waals surface area contributed by atoms with Gasteiger partial charge in [-0.1, -0.05) is 82.8 Å². The maximum atomic E-state index is 12.1. The number of aromatic nitrogens is 2. The molecule has 0 radical (unpaired) electrons. The van der Waals surface area contributed by atoms with Gasteiger partial charge in [0.15, 0.2) is 0 Å². The summed E-state index contributed by atoms with van der Waals surface area (Å²) in [6.45, 7) is 3.76. The van der Waals surface area contributed by atoms with Crippen LogP contribution < -0.4 is 4.74 Å². The van der Waals surface area contributed by atoms with Crippen molar-refractivity contribution in [2.45, 2.75) is 24.7 Å². The Morgan fingerprint density at radius 1 is 1.07 bits per heavy atom. The molecule has 0 spiro atoms. The summed E-state index contributed by atoms with van der Waals surface area (Å²) >= 11 is 23.6. The van der Waals surface area contributed by atoms with Crippen molar-refractivity contribution in [3.8, 4) is 17.0 Å². The van der Waals surface area contributed by atoms with Crippen LogP contribution in [0, 0.1) is 6.92 Å². The smallest absolute Gasteiger partial charge is 0.346 e. The molecule has 0 aliphatic carbocycles. The highest BCUT2D eigenvalue weighted by Crippen LogP contribution is 2.38. The van der Waals surface area contributed by atoms with Crippen LogP contribution >= 0.6 is 46.4 Å². The summed E-state index contributed by atoms with van der Waals surface area (Å²) in [5, 5.41) is 5.49. The maximum absolute atomic E-state index is 12.1. The number of esters is 1. The number of aryl methyl sites for hydroxylation is 1. The molecular formula is C20H16Cl4N2O2. The second kappa shape index (κ2) is 8.75. The van der Waals surface area contributed by atoms with E-state index in [0.29, 0.717) is 21.3 Å². The Hall–Kier alpha value is -1.72. The topological polar surface area (TPSA) is 44.1 Å². The first-order valence-electron chi connectivity index (χ1n) is 8.39. The van der Waals surface area contributed by atoms with E-state index in [1.165, 1.54) is 0 Å². The van der Waals surface area contributed by atoms with E-state index in [1.807, 2.05) is 50.2 Å². The van der Waals surface area contributed by atoms with E-state index in [-0.39, 0.29) is 11.9 Å². The molecule has 28 heavy (non-hydrogen) atoms. The molecule has 2 aromatic carbocycles. The molecule has 146 valence electrons. The third-order valence-corrected chi connectivity index (χ3v) is 5.37. The van der Waals surface area contributed by atoms with Crippen molar-refractivity contribution in [1.29, 1.82) is 0 Å². The van der Waals surface area contributed by atoms with E-state index in [4.69, 9.17) is 51.1 Å². The summed E-state index contributed by atoms with van der Waals surface area (Å²) in [6.07, 6.45) is 0. The molecule has 0 aliphatic heterocycles. The Labute approximate surface area is 182 Å². The molecule has 8 heteroatoms. The van der Waals surface area contributed by atoms with Crippen molar-refractivity contribution < 1.29 is 9.53 Å². The van der Waals surface area contributed by atoms with Crippen molar-refractivity contribution >= 4 is 52.4 Å². The summed E-state index contributed by atoms with van der Waals surface area (Å²) in [5.41, 5.74) is 3.09. The molecule has 1 unspecified atom stereocenters. The molecule has 0 saturated heterocycles. The van der Waals surface area contributed by atoms with Crippen LogP contribution in [-0.2, 0) is 4.79 Å². The van der Waals surface area contributed by atoms with E-state index in [9.17, 15) is 4.79 Å². The van der Waals surface area contributed by atoms with E-state index in [1.54, 1.807) is 16.8 Å². The maximum Gasteiger partial charge on any atom is 0.346 e. The fourth-order valence-corrected chi connectivity index (χ4v) is 3.27. The second-order valence-electron chi connectivity index (χ2n) is 6.15. The number of benzene rings is 2.